The molecule has 3 aromatic carbocycles. The highest BCUT2D eigenvalue weighted by Crippen LogP contribution is 2.28. The highest BCUT2D eigenvalue weighted by atomic mass is 32.2. The lowest BCUT2D eigenvalue weighted by molar-refractivity contribution is -0.192. The molecule has 0 bridgehead atoms. The highest BCUT2D eigenvalue weighted by Gasteiger charge is 2.38. The van der Waals surface area contributed by atoms with Gasteiger partial charge in [-0.05, 0) is 65.2 Å². The summed E-state index contributed by atoms with van der Waals surface area (Å²) >= 11 is 1.59. The molecule has 0 fully saturated rings. The number of hydrogen-bond donors (Lipinski definition) is 4. The number of nitrogens with zero attached hydrogens (tertiary/aromatic N) is 1. The second-order valence-corrected chi connectivity index (χ2v) is 11.8. The molecule has 1 aromatic heterocycles. The molecule has 0 aliphatic rings. The Kier molecular flexibility index (Phi) is 10.4. The zero-order chi connectivity index (χ0) is 31.1. The molecule has 14 heteroatoms. The summed E-state index contributed by atoms with van der Waals surface area (Å²) in [6, 6.07) is 21.2. The van der Waals surface area contributed by atoms with Crippen molar-refractivity contribution in [3.63, 3.8) is 0 Å². The first-order chi connectivity index (χ1) is 19.7. The van der Waals surface area contributed by atoms with Crippen LogP contribution in [0.25, 0.3) is 10.8 Å². The van der Waals surface area contributed by atoms with Gasteiger partial charge in [0.2, 0.25) is 5.91 Å². The van der Waals surface area contributed by atoms with Crippen molar-refractivity contribution in [2.24, 2.45) is 0 Å². The quantitative estimate of drug-likeness (QED) is 0.199. The number of benzene rings is 3. The van der Waals surface area contributed by atoms with Crippen LogP contribution in [0.1, 0.15) is 17.2 Å². The van der Waals surface area contributed by atoms with Gasteiger partial charge in [-0.15, -0.1) is 11.8 Å². The van der Waals surface area contributed by atoms with Crippen molar-refractivity contribution in [2.45, 2.75) is 28.6 Å². The molecule has 1 atom stereocenters. The molecule has 0 aliphatic heterocycles. The fourth-order valence-corrected chi connectivity index (χ4v) is 5.29. The number of nitrogen functional groups attached to an aromatic ring is 1. The van der Waals surface area contributed by atoms with Gasteiger partial charge in [-0.3, -0.25) is 4.79 Å². The van der Waals surface area contributed by atoms with Gasteiger partial charge in [0.25, 0.3) is 0 Å². The van der Waals surface area contributed by atoms with E-state index >= 15 is 0 Å². The van der Waals surface area contributed by atoms with E-state index < -0.39 is 28.0 Å². The van der Waals surface area contributed by atoms with Crippen LogP contribution in [0.15, 0.2) is 88.8 Å². The number of anilines is 2. The zero-order valence-electron chi connectivity index (χ0n) is 22.3. The van der Waals surface area contributed by atoms with Crippen molar-refractivity contribution in [1.29, 1.82) is 0 Å². The van der Waals surface area contributed by atoms with Gasteiger partial charge in [0, 0.05) is 35.0 Å². The van der Waals surface area contributed by atoms with Crippen LogP contribution in [-0.4, -0.2) is 49.1 Å². The average molecular weight is 621 g/mol. The summed E-state index contributed by atoms with van der Waals surface area (Å²) in [5.74, 6) is -2.59. The van der Waals surface area contributed by atoms with E-state index in [-0.39, 0.29) is 17.3 Å². The van der Waals surface area contributed by atoms with Crippen molar-refractivity contribution < 1.29 is 36.3 Å². The first-order valence-corrected chi connectivity index (χ1v) is 15.2. The molecule has 0 spiro atoms. The maximum Gasteiger partial charge on any atom is 0.490 e. The van der Waals surface area contributed by atoms with Gasteiger partial charge in [-0.1, -0.05) is 30.3 Å². The van der Waals surface area contributed by atoms with E-state index in [1.807, 2.05) is 54.8 Å². The Bertz CT molecular complexity index is 1700. The summed E-state index contributed by atoms with van der Waals surface area (Å²) in [5.41, 5.74) is 8.05. The number of aliphatic carboxylic acids is 1. The fourth-order valence-electron chi connectivity index (χ4n) is 3.88. The summed E-state index contributed by atoms with van der Waals surface area (Å²) in [6.07, 6.45) is -0.299. The number of aromatic nitrogens is 1. The number of alkyl halides is 3. The van der Waals surface area contributed by atoms with E-state index in [2.05, 4.69) is 15.6 Å². The summed E-state index contributed by atoms with van der Waals surface area (Å²) in [5, 5.41) is 15.1. The van der Waals surface area contributed by atoms with Crippen molar-refractivity contribution in [3.05, 3.63) is 90.1 Å². The Morgan fingerprint density at radius 1 is 1.05 bits per heavy atom. The number of halogens is 3. The van der Waals surface area contributed by atoms with E-state index in [0.717, 1.165) is 33.2 Å². The first kappa shape index (κ1) is 32.2. The van der Waals surface area contributed by atoms with E-state index in [0.29, 0.717) is 11.4 Å². The minimum absolute atomic E-state index is 0.0857. The zero-order valence-corrected chi connectivity index (χ0v) is 24.0. The number of pyridine rings is 1. The Balaban J connectivity index is 0.000000616. The third-order valence-electron chi connectivity index (χ3n) is 5.86. The number of hydrogen-bond acceptors (Lipinski definition) is 8. The second-order valence-electron chi connectivity index (χ2n) is 8.89. The standard InChI is InChI=1S/C26H26N4O3S2.C2HF3O2/c1-34-21-8-5-7-18(15-21)24(30-20-10-11-22-17(14-20)12-13-28-25(22)27)26(31)29-16-19-6-3-4-9-23(19)35(2,32)33;3-2(4,5)1(6)7/h3-15,24,30H,16H2,1-2H3,(H2,27,28)(H,29,31);(H,6,7). The molecule has 42 heavy (non-hydrogen) atoms. The van der Waals surface area contributed by atoms with Crippen LogP contribution in [0.3, 0.4) is 0 Å². The molecule has 1 amide bonds. The molecular formula is C28H27F3N4O5S2. The molecule has 4 rings (SSSR count). The third kappa shape index (κ3) is 8.60. The number of carbonyl (C=O) groups excluding carboxylic acids is 1. The number of sulfone groups is 1. The Hall–Kier alpha value is -4.30. The number of carboxylic acids is 1. The number of fused-ring (bicyclic) bond motifs is 1. The van der Waals surface area contributed by atoms with Crippen molar-refractivity contribution in [1.82, 2.24) is 10.3 Å². The van der Waals surface area contributed by atoms with Crippen molar-refractivity contribution in [2.75, 3.05) is 23.6 Å². The molecule has 0 radical (unpaired) electrons. The molecule has 1 unspecified atom stereocenters. The molecule has 0 aliphatic carbocycles. The number of amides is 1. The molecule has 1 heterocycles. The minimum atomic E-state index is -5.08. The van der Waals surface area contributed by atoms with Crippen LogP contribution in [0.4, 0.5) is 24.7 Å². The lowest BCUT2D eigenvalue weighted by atomic mass is 10.0. The topological polar surface area (TPSA) is 151 Å². The van der Waals surface area contributed by atoms with Crippen LogP contribution in [0.5, 0.6) is 0 Å². The number of carboxylic acid groups (broad SMARTS) is 1. The average Bonchev–Trinajstić information content (AvgIpc) is 2.94. The van der Waals surface area contributed by atoms with Crippen LogP contribution >= 0.6 is 11.8 Å². The highest BCUT2D eigenvalue weighted by molar-refractivity contribution is 7.98. The van der Waals surface area contributed by atoms with Gasteiger partial charge in [0.1, 0.15) is 11.9 Å². The Morgan fingerprint density at radius 2 is 1.74 bits per heavy atom. The molecule has 0 saturated heterocycles. The van der Waals surface area contributed by atoms with E-state index in [1.54, 1.807) is 42.2 Å². The SMILES string of the molecule is CSc1cccc(C(Nc2ccc3c(N)nccc3c2)C(=O)NCc2ccccc2S(C)(=O)=O)c1.O=C(O)C(F)(F)F. The molecule has 0 saturated carbocycles. The maximum atomic E-state index is 13.4. The summed E-state index contributed by atoms with van der Waals surface area (Å²) < 4.78 is 56.0. The first-order valence-electron chi connectivity index (χ1n) is 12.1. The van der Waals surface area contributed by atoms with Crippen molar-refractivity contribution >= 4 is 55.8 Å². The van der Waals surface area contributed by atoms with Gasteiger partial charge in [-0.2, -0.15) is 13.2 Å². The predicted octanol–water partition coefficient (Wildman–Crippen LogP) is 5.05. The maximum absolute atomic E-state index is 13.4. The summed E-state index contributed by atoms with van der Waals surface area (Å²) in [6.45, 7) is 0.0857. The predicted molar refractivity (Wildman–Crippen MR) is 156 cm³/mol. The van der Waals surface area contributed by atoms with Gasteiger partial charge in [0.15, 0.2) is 9.84 Å². The second kappa shape index (κ2) is 13.6. The third-order valence-corrected chi connectivity index (χ3v) is 7.79. The largest absolute Gasteiger partial charge is 0.490 e. The van der Waals surface area contributed by atoms with Crippen molar-refractivity contribution in [3.8, 4) is 0 Å². The number of rotatable bonds is 8. The normalized spacial score (nSPS) is 12.1. The molecule has 4 aromatic rings. The van der Waals surface area contributed by atoms with Gasteiger partial charge in [0.05, 0.1) is 4.90 Å². The monoisotopic (exact) mass is 620 g/mol. The fraction of sp³-hybridized carbons (Fsp3) is 0.179. The van der Waals surface area contributed by atoms with E-state index in [1.165, 1.54) is 0 Å². The Labute approximate surface area is 244 Å². The Morgan fingerprint density at radius 3 is 2.38 bits per heavy atom. The summed E-state index contributed by atoms with van der Waals surface area (Å²) in [7, 11) is -3.42. The molecular weight excluding hydrogens is 593 g/mol. The van der Waals surface area contributed by atoms with E-state index in [4.69, 9.17) is 15.6 Å². The number of carbonyl (C=O) groups is 2. The molecule has 9 nitrogen and oxygen atoms in total. The lowest BCUT2D eigenvalue weighted by Crippen LogP contribution is -2.33. The molecule has 5 N–H and O–H groups in total. The molecule has 222 valence electrons. The number of nitrogens with one attached hydrogen (secondary N) is 2. The lowest BCUT2D eigenvalue weighted by Gasteiger charge is -2.21. The van der Waals surface area contributed by atoms with Crippen LogP contribution in [0, 0.1) is 0 Å². The van der Waals surface area contributed by atoms with Crippen LogP contribution < -0.4 is 16.4 Å². The minimum Gasteiger partial charge on any atom is -0.475 e. The number of thioether (sulfide) groups is 1. The summed E-state index contributed by atoms with van der Waals surface area (Å²) in [4.78, 5) is 27.7. The van der Waals surface area contributed by atoms with Gasteiger partial charge >= 0.3 is 12.1 Å². The van der Waals surface area contributed by atoms with Gasteiger partial charge < -0.3 is 21.5 Å². The number of nitrogens with two attached hydrogens (primary N) is 1. The smallest absolute Gasteiger partial charge is 0.475 e. The van der Waals surface area contributed by atoms with Crippen LogP contribution in [0.2, 0.25) is 0 Å². The van der Waals surface area contributed by atoms with E-state index in [9.17, 15) is 26.4 Å². The van der Waals surface area contributed by atoms with Gasteiger partial charge in [-0.25, -0.2) is 18.2 Å². The van der Waals surface area contributed by atoms with Crippen LogP contribution in [-0.2, 0) is 26.0 Å².